The van der Waals surface area contributed by atoms with Crippen molar-refractivity contribution in [1.29, 1.82) is 0 Å². The molecular weight excluding hydrogens is 252 g/mol. The average molecular weight is 270 g/mol. The van der Waals surface area contributed by atoms with E-state index in [0.717, 1.165) is 16.9 Å². The highest BCUT2D eigenvalue weighted by Crippen LogP contribution is 2.37. The fourth-order valence-electron chi connectivity index (χ4n) is 2.42. The van der Waals surface area contributed by atoms with E-state index >= 15 is 0 Å². The topological polar surface area (TPSA) is 38.7 Å². The lowest BCUT2D eigenvalue weighted by Crippen LogP contribution is -2.17. The van der Waals surface area contributed by atoms with Gasteiger partial charge in [-0.25, -0.2) is 0 Å². The molecule has 0 aromatic heterocycles. The van der Waals surface area contributed by atoms with Crippen LogP contribution in [0.5, 0.6) is 11.5 Å². The van der Waals surface area contributed by atoms with Gasteiger partial charge in [0.1, 0.15) is 13.2 Å². The predicted octanol–water partition coefficient (Wildman–Crippen LogP) is 3.04. The zero-order valence-corrected chi connectivity index (χ0v) is 11.5. The van der Waals surface area contributed by atoms with Crippen molar-refractivity contribution in [3.05, 3.63) is 59.2 Å². The predicted molar refractivity (Wildman–Crippen MR) is 77.3 cm³/mol. The molecule has 0 aliphatic carbocycles. The zero-order chi connectivity index (χ0) is 13.9. The van der Waals surface area contributed by atoms with E-state index in [-0.39, 0.29) is 0 Å². The Labute approximate surface area is 118 Å². The Morgan fingerprint density at radius 2 is 1.80 bits per heavy atom. The molecule has 0 radical (unpaired) electrons. The van der Waals surface area contributed by atoms with Gasteiger partial charge in [-0.1, -0.05) is 42.0 Å². The molecule has 3 heteroatoms. The Morgan fingerprint density at radius 1 is 1.05 bits per heavy atom. The van der Waals surface area contributed by atoms with Crippen LogP contribution in [-0.2, 0) is 6.42 Å². The van der Waals surface area contributed by atoms with E-state index in [4.69, 9.17) is 9.47 Å². The van der Waals surface area contributed by atoms with Crippen molar-refractivity contribution in [2.24, 2.45) is 0 Å². The molecule has 1 unspecified atom stereocenters. The lowest BCUT2D eigenvalue weighted by molar-refractivity contribution is 0.146. The summed E-state index contributed by atoms with van der Waals surface area (Å²) >= 11 is 0. The summed E-state index contributed by atoms with van der Waals surface area (Å²) in [4.78, 5) is 0. The third-order valence-electron chi connectivity index (χ3n) is 3.51. The number of aryl methyl sites for hydroxylation is 1. The number of benzene rings is 2. The fourth-order valence-corrected chi connectivity index (χ4v) is 2.42. The van der Waals surface area contributed by atoms with Crippen LogP contribution in [0.25, 0.3) is 0 Å². The van der Waals surface area contributed by atoms with Crippen molar-refractivity contribution in [2.75, 3.05) is 13.2 Å². The van der Waals surface area contributed by atoms with Crippen LogP contribution in [-0.4, -0.2) is 18.3 Å². The van der Waals surface area contributed by atoms with Gasteiger partial charge in [0, 0.05) is 12.0 Å². The standard InChI is InChI=1S/C17H18O3/c1-12-5-7-13(8-6-12)11-15(18)14-3-2-4-16-17(14)20-10-9-19-16/h2-8,15,18H,9-11H2,1H3. The second kappa shape index (κ2) is 5.55. The lowest BCUT2D eigenvalue weighted by atomic mass is 9.99. The van der Waals surface area contributed by atoms with Crippen LogP contribution in [0, 0.1) is 6.92 Å². The number of hydrogen-bond acceptors (Lipinski definition) is 3. The van der Waals surface area contributed by atoms with Gasteiger partial charge in [-0.15, -0.1) is 0 Å². The van der Waals surface area contributed by atoms with Crippen molar-refractivity contribution in [1.82, 2.24) is 0 Å². The molecule has 1 heterocycles. The largest absolute Gasteiger partial charge is 0.486 e. The summed E-state index contributed by atoms with van der Waals surface area (Å²) in [6.07, 6.45) is -0.0190. The number of hydrogen-bond donors (Lipinski definition) is 1. The highest BCUT2D eigenvalue weighted by molar-refractivity contribution is 5.48. The van der Waals surface area contributed by atoms with Gasteiger partial charge in [-0.05, 0) is 18.6 Å². The number of aliphatic hydroxyl groups excluding tert-OH is 1. The third kappa shape index (κ3) is 2.63. The molecule has 3 rings (SSSR count). The zero-order valence-electron chi connectivity index (χ0n) is 11.5. The summed E-state index contributed by atoms with van der Waals surface area (Å²) < 4.78 is 11.2. The summed E-state index contributed by atoms with van der Waals surface area (Å²) in [5.74, 6) is 1.40. The van der Waals surface area contributed by atoms with Crippen molar-refractivity contribution >= 4 is 0 Å². The first kappa shape index (κ1) is 13.0. The molecule has 0 spiro atoms. The van der Waals surface area contributed by atoms with E-state index in [0.29, 0.717) is 25.4 Å². The van der Waals surface area contributed by atoms with Crippen LogP contribution in [0.4, 0.5) is 0 Å². The first-order valence-electron chi connectivity index (χ1n) is 6.86. The van der Waals surface area contributed by atoms with Gasteiger partial charge in [0.15, 0.2) is 11.5 Å². The molecule has 0 saturated heterocycles. The molecule has 3 nitrogen and oxygen atoms in total. The van der Waals surface area contributed by atoms with Crippen molar-refractivity contribution in [3.63, 3.8) is 0 Å². The normalized spacial score (nSPS) is 14.9. The quantitative estimate of drug-likeness (QED) is 0.931. The van der Waals surface area contributed by atoms with E-state index in [1.54, 1.807) is 0 Å². The van der Waals surface area contributed by atoms with Crippen LogP contribution in [0.3, 0.4) is 0 Å². The van der Waals surface area contributed by atoms with Crippen molar-refractivity contribution in [3.8, 4) is 11.5 Å². The SMILES string of the molecule is Cc1ccc(CC(O)c2cccc3c2OCCO3)cc1. The summed E-state index contributed by atoms with van der Waals surface area (Å²) in [5.41, 5.74) is 3.12. The summed E-state index contributed by atoms with van der Waals surface area (Å²) in [6, 6.07) is 13.9. The van der Waals surface area contributed by atoms with Gasteiger partial charge >= 0.3 is 0 Å². The number of rotatable bonds is 3. The minimum atomic E-state index is -0.589. The Kier molecular flexibility index (Phi) is 3.61. The smallest absolute Gasteiger partial charge is 0.167 e. The molecule has 104 valence electrons. The Bertz CT molecular complexity index is 590. The first-order valence-corrected chi connectivity index (χ1v) is 6.86. The maximum absolute atomic E-state index is 10.5. The van der Waals surface area contributed by atoms with Crippen LogP contribution in [0.1, 0.15) is 22.8 Å². The van der Waals surface area contributed by atoms with Crippen LogP contribution in [0.2, 0.25) is 0 Å². The molecule has 1 aliphatic rings. The van der Waals surface area contributed by atoms with Gasteiger partial charge < -0.3 is 14.6 Å². The number of aliphatic hydroxyl groups is 1. The summed E-state index contributed by atoms with van der Waals surface area (Å²) in [5, 5.41) is 10.5. The molecule has 2 aromatic rings. The maximum atomic E-state index is 10.5. The molecule has 0 saturated carbocycles. The van der Waals surface area contributed by atoms with E-state index in [1.165, 1.54) is 5.56 Å². The highest BCUT2D eigenvalue weighted by atomic mass is 16.6. The van der Waals surface area contributed by atoms with Crippen LogP contribution >= 0.6 is 0 Å². The summed E-state index contributed by atoms with van der Waals surface area (Å²) in [7, 11) is 0. The van der Waals surface area contributed by atoms with Gasteiger partial charge in [0.05, 0.1) is 6.10 Å². The lowest BCUT2D eigenvalue weighted by Gasteiger charge is -2.23. The molecule has 0 fully saturated rings. The Balaban J connectivity index is 1.83. The number of fused-ring (bicyclic) bond motifs is 1. The van der Waals surface area contributed by atoms with Crippen LogP contribution < -0.4 is 9.47 Å². The van der Waals surface area contributed by atoms with Gasteiger partial charge in [0.25, 0.3) is 0 Å². The molecule has 0 bridgehead atoms. The fraction of sp³-hybridized carbons (Fsp3) is 0.294. The van der Waals surface area contributed by atoms with Gasteiger partial charge in [-0.3, -0.25) is 0 Å². The molecule has 0 amide bonds. The number of ether oxygens (including phenoxy) is 2. The van der Waals surface area contributed by atoms with E-state index in [1.807, 2.05) is 30.3 Å². The maximum Gasteiger partial charge on any atom is 0.167 e. The van der Waals surface area contributed by atoms with Gasteiger partial charge in [0.2, 0.25) is 0 Å². The first-order chi connectivity index (χ1) is 9.74. The molecule has 2 aromatic carbocycles. The molecular formula is C17H18O3. The van der Waals surface area contributed by atoms with Crippen molar-refractivity contribution < 1.29 is 14.6 Å². The van der Waals surface area contributed by atoms with E-state index < -0.39 is 6.10 Å². The average Bonchev–Trinajstić information content (AvgIpc) is 2.49. The Hall–Kier alpha value is -2.00. The van der Waals surface area contributed by atoms with Crippen LogP contribution in [0.15, 0.2) is 42.5 Å². The second-order valence-electron chi connectivity index (χ2n) is 5.08. The van der Waals surface area contributed by atoms with E-state index in [2.05, 4.69) is 19.1 Å². The molecule has 1 N–H and O–H groups in total. The molecule has 1 atom stereocenters. The second-order valence-corrected chi connectivity index (χ2v) is 5.08. The third-order valence-corrected chi connectivity index (χ3v) is 3.51. The van der Waals surface area contributed by atoms with Crippen molar-refractivity contribution in [2.45, 2.75) is 19.4 Å². The van der Waals surface area contributed by atoms with Gasteiger partial charge in [-0.2, -0.15) is 0 Å². The minimum Gasteiger partial charge on any atom is -0.486 e. The molecule has 20 heavy (non-hydrogen) atoms. The summed E-state index contributed by atoms with van der Waals surface area (Å²) in [6.45, 7) is 3.14. The molecule has 1 aliphatic heterocycles. The minimum absolute atomic E-state index is 0.529. The number of para-hydroxylation sites is 1. The van der Waals surface area contributed by atoms with E-state index in [9.17, 15) is 5.11 Å². The monoisotopic (exact) mass is 270 g/mol. The Morgan fingerprint density at radius 3 is 2.60 bits per heavy atom. The highest BCUT2D eigenvalue weighted by Gasteiger charge is 2.20.